The molecule has 0 spiro atoms. The summed E-state index contributed by atoms with van der Waals surface area (Å²) >= 11 is 12.2. The van der Waals surface area contributed by atoms with E-state index in [1.807, 2.05) is 24.4 Å². The van der Waals surface area contributed by atoms with E-state index in [0.717, 1.165) is 36.6 Å². The standard InChI is InChI=1S/C20H25Cl2N5O.HI/c1-14-13-27(7-8-28-14)19-9-15(5-6-24-19)11-25-20(23-2)26-12-16-3-4-17(21)10-18(16)22;/h3-6,9-10,14H,7-8,11-13H2,1-2H3,(H2,23,25,26);1H. The van der Waals surface area contributed by atoms with E-state index in [2.05, 4.69) is 38.5 Å². The van der Waals surface area contributed by atoms with Crippen molar-refractivity contribution in [1.29, 1.82) is 0 Å². The number of pyridine rings is 1. The van der Waals surface area contributed by atoms with Crippen molar-refractivity contribution >= 4 is 59.0 Å². The predicted octanol–water partition coefficient (Wildman–Crippen LogP) is 4.10. The number of anilines is 1. The van der Waals surface area contributed by atoms with E-state index in [0.29, 0.717) is 29.1 Å². The highest BCUT2D eigenvalue weighted by molar-refractivity contribution is 14.0. The number of halogens is 3. The van der Waals surface area contributed by atoms with E-state index in [-0.39, 0.29) is 30.1 Å². The molecule has 1 aromatic heterocycles. The topological polar surface area (TPSA) is 61.8 Å². The van der Waals surface area contributed by atoms with Crippen LogP contribution in [0.25, 0.3) is 0 Å². The molecule has 2 heterocycles. The molecule has 1 unspecified atom stereocenters. The first-order valence-electron chi connectivity index (χ1n) is 9.25. The van der Waals surface area contributed by atoms with Crippen LogP contribution in [-0.2, 0) is 17.8 Å². The van der Waals surface area contributed by atoms with Gasteiger partial charge in [0, 0.05) is 49.5 Å². The van der Waals surface area contributed by atoms with Crippen LogP contribution in [0.15, 0.2) is 41.5 Å². The average molecular weight is 550 g/mol. The molecular weight excluding hydrogens is 524 g/mol. The quantitative estimate of drug-likeness (QED) is 0.334. The van der Waals surface area contributed by atoms with Crippen LogP contribution in [0.1, 0.15) is 18.1 Å². The van der Waals surface area contributed by atoms with Crippen LogP contribution >= 0.6 is 47.2 Å². The molecule has 2 N–H and O–H groups in total. The summed E-state index contributed by atoms with van der Waals surface area (Å²) in [5, 5.41) is 7.85. The van der Waals surface area contributed by atoms with E-state index in [1.165, 1.54) is 0 Å². The molecule has 158 valence electrons. The summed E-state index contributed by atoms with van der Waals surface area (Å²) in [6.07, 6.45) is 2.07. The molecule has 0 amide bonds. The zero-order valence-electron chi connectivity index (χ0n) is 16.5. The molecule has 9 heteroatoms. The lowest BCUT2D eigenvalue weighted by Gasteiger charge is -2.32. The van der Waals surface area contributed by atoms with Gasteiger partial charge in [0.15, 0.2) is 5.96 Å². The van der Waals surface area contributed by atoms with Gasteiger partial charge < -0.3 is 20.3 Å². The Labute approximate surface area is 199 Å². The van der Waals surface area contributed by atoms with E-state index in [4.69, 9.17) is 27.9 Å². The summed E-state index contributed by atoms with van der Waals surface area (Å²) in [5.41, 5.74) is 2.10. The molecule has 3 rings (SSSR count). The normalized spacial score (nSPS) is 16.9. The van der Waals surface area contributed by atoms with Gasteiger partial charge in [-0.15, -0.1) is 24.0 Å². The SMILES string of the molecule is CN=C(NCc1ccnc(N2CCOC(C)C2)c1)NCc1ccc(Cl)cc1Cl.I. The number of aromatic nitrogens is 1. The Morgan fingerprint density at radius 3 is 2.76 bits per heavy atom. The molecule has 0 aliphatic carbocycles. The average Bonchev–Trinajstić information content (AvgIpc) is 2.69. The smallest absolute Gasteiger partial charge is 0.191 e. The van der Waals surface area contributed by atoms with E-state index >= 15 is 0 Å². The van der Waals surface area contributed by atoms with Gasteiger partial charge in [0.05, 0.1) is 12.7 Å². The van der Waals surface area contributed by atoms with Gasteiger partial charge in [-0.05, 0) is 42.3 Å². The Morgan fingerprint density at radius 1 is 1.24 bits per heavy atom. The van der Waals surface area contributed by atoms with Gasteiger partial charge in [-0.2, -0.15) is 0 Å². The molecule has 0 bridgehead atoms. The van der Waals surface area contributed by atoms with Gasteiger partial charge in [0.25, 0.3) is 0 Å². The van der Waals surface area contributed by atoms with Crippen LogP contribution in [0.4, 0.5) is 5.82 Å². The minimum Gasteiger partial charge on any atom is -0.375 e. The second-order valence-electron chi connectivity index (χ2n) is 6.66. The van der Waals surface area contributed by atoms with E-state index in [9.17, 15) is 0 Å². The van der Waals surface area contributed by atoms with Gasteiger partial charge in [0.2, 0.25) is 0 Å². The molecule has 0 radical (unpaired) electrons. The Hall–Kier alpha value is -1.29. The molecule has 0 saturated carbocycles. The molecule has 1 fully saturated rings. The van der Waals surface area contributed by atoms with Crippen LogP contribution in [-0.4, -0.2) is 43.8 Å². The number of guanidine groups is 1. The highest BCUT2D eigenvalue weighted by atomic mass is 127. The predicted molar refractivity (Wildman–Crippen MR) is 131 cm³/mol. The number of hydrogen-bond acceptors (Lipinski definition) is 4. The van der Waals surface area contributed by atoms with Crippen molar-refractivity contribution in [2.75, 3.05) is 31.6 Å². The van der Waals surface area contributed by atoms with Crippen molar-refractivity contribution in [2.24, 2.45) is 4.99 Å². The van der Waals surface area contributed by atoms with Gasteiger partial charge in [0.1, 0.15) is 5.82 Å². The minimum atomic E-state index is 0. The minimum absolute atomic E-state index is 0. The zero-order chi connectivity index (χ0) is 19.9. The number of nitrogens with zero attached hydrogens (tertiary/aromatic N) is 3. The largest absolute Gasteiger partial charge is 0.375 e. The Kier molecular flexibility index (Phi) is 9.74. The maximum Gasteiger partial charge on any atom is 0.191 e. The van der Waals surface area contributed by atoms with Crippen molar-refractivity contribution in [2.45, 2.75) is 26.1 Å². The fraction of sp³-hybridized carbons (Fsp3) is 0.400. The van der Waals surface area contributed by atoms with E-state index < -0.39 is 0 Å². The number of hydrogen-bond donors (Lipinski definition) is 2. The Morgan fingerprint density at radius 2 is 2.03 bits per heavy atom. The fourth-order valence-electron chi connectivity index (χ4n) is 3.02. The molecule has 1 aliphatic rings. The van der Waals surface area contributed by atoms with Crippen molar-refractivity contribution in [1.82, 2.24) is 15.6 Å². The zero-order valence-corrected chi connectivity index (χ0v) is 20.3. The molecule has 1 atom stereocenters. The lowest BCUT2D eigenvalue weighted by molar-refractivity contribution is 0.0529. The highest BCUT2D eigenvalue weighted by Gasteiger charge is 2.18. The summed E-state index contributed by atoms with van der Waals surface area (Å²) in [6, 6.07) is 9.58. The molecule has 1 saturated heterocycles. The van der Waals surface area contributed by atoms with Crippen molar-refractivity contribution in [3.8, 4) is 0 Å². The first-order chi connectivity index (χ1) is 13.5. The number of rotatable bonds is 5. The third kappa shape index (κ3) is 7.16. The Bertz CT molecular complexity index is 836. The molecule has 2 aromatic rings. The molecule has 29 heavy (non-hydrogen) atoms. The van der Waals surface area contributed by atoms with Crippen LogP contribution in [0.3, 0.4) is 0 Å². The number of aliphatic imine (C=N–C) groups is 1. The van der Waals surface area contributed by atoms with Gasteiger partial charge >= 0.3 is 0 Å². The summed E-state index contributed by atoms with van der Waals surface area (Å²) in [7, 11) is 1.74. The highest BCUT2D eigenvalue weighted by Crippen LogP contribution is 2.20. The molecule has 6 nitrogen and oxygen atoms in total. The van der Waals surface area contributed by atoms with Crippen LogP contribution < -0.4 is 15.5 Å². The lowest BCUT2D eigenvalue weighted by atomic mass is 10.2. The monoisotopic (exact) mass is 549 g/mol. The van der Waals surface area contributed by atoms with Crippen LogP contribution in [0.5, 0.6) is 0 Å². The number of nitrogens with one attached hydrogen (secondary N) is 2. The van der Waals surface area contributed by atoms with Crippen molar-refractivity contribution in [3.63, 3.8) is 0 Å². The van der Waals surface area contributed by atoms with Crippen LogP contribution in [0, 0.1) is 0 Å². The summed E-state index contributed by atoms with van der Waals surface area (Å²) in [4.78, 5) is 11.0. The van der Waals surface area contributed by atoms with Gasteiger partial charge in [-0.25, -0.2) is 4.98 Å². The van der Waals surface area contributed by atoms with Gasteiger partial charge in [-0.3, -0.25) is 4.99 Å². The van der Waals surface area contributed by atoms with Crippen LogP contribution in [0.2, 0.25) is 10.0 Å². The Balaban J connectivity index is 0.00000300. The summed E-state index contributed by atoms with van der Waals surface area (Å²) in [5.74, 6) is 1.68. The van der Waals surface area contributed by atoms with Crippen molar-refractivity contribution in [3.05, 3.63) is 57.7 Å². The van der Waals surface area contributed by atoms with Gasteiger partial charge in [-0.1, -0.05) is 29.3 Å². The molecule has 1 aliphatic heterocycles. The first-order valence-corrected chi connectivity index (χ1v) is 10.0. The maximum atomic E-state index is 6.23. The third-order valence-corrected chi connectivity index (χ3v) is 5.11. The second-order valence-corrected chi connectivity index (χ2v) is 7.51. The first kappa shape index (κ1) is 24.0. The fourth-order valence-corrected chi connectivity index (χ4v) is 3.50. The summed E-state index contributed by atoms with van der Waals surface area (Å²) < 4.78 is 5.61. The van der Waals surface area contributed by atoms with Crippen molar-refractivity contribution < 1.29 is 4.74 Å². The number of ether oxygens (including phenoxy) is 1. The molecular formula is C20H26Cl2IN5O. The number of morpholine rings is 1. The lowest BCUT2D eigenvalue weighted by Crippen LogP contribution is -2.41. The number of benzene rings is 1. The molecule has 1 aromatic carbocycles. The van der Waals surface area contributed by atoms with E-state index in [1.54, 1.807) is 13.1 Å². The second kappa shape index (κ2) is 11.8. The maximum absolute atomic E-state index is 6.23. The summed E-state index contributed by atoms with van der Waals surface area (Å²) in [6.45, 7) is 5.73. The third-order valence-electron chi connectivity index (χ3n) is 4.52.